The first-order valence-electron chi connectivity index (χ1n) is 6.95. The summed E-state index contributed by atoms with van der Waals surface area (Å²) in [6.45, 7) is 2.38. The minimum absolute atomic E-state index is 0. The molecule has 1 aliphatic heterocycles. The SMILES string of the molecule is I.NC(=NCc1coc(-c2ccccc2)n1)N1CCSCC1. The van der Waals surface area contributed by atoms with E-state index in [-0.39, 0.29) is 24.0 Å². The number of aliphatic imine (C=N–C) groups is 1. The van der Waals surface area contributed by atoms with Crippen LogP contribution >= 0.6 is 35.7 Å². The number of rotatable bonds is 3. The maximum absolute atomic E-state index is 6.02. The second-order valence-electron chi connectivity index (χ2n) is 4.78. The molecule has 1 fully saturated rings. The summed E-state index contributed by atoms with van der Waals surface area (Å²) in [6.07, 6.45) is 1.64. The highest BCUT2D eigenvalue weighted by Crippen LogP contribution is 2.18. The number of halogens is 1. The van der Waals surface area contributed by atoms with Gasteiger partial charge in [0, 0.05) is 30.2 Å². The largest absolute Gasteiger partial charge is 0.444 e. The number of benzene rings is 1. The summed E-state index contributed by atoms with van der Waals surface area (Å²) in [5.74, 6) is 3.43. The molecule has 0 radical (unpaired) electrons. The van der Waals surface area contributed by atoms with Gasteiger partial charge in [0.1, 0.15) is 12.0 Å². The molecule has 2 heterocycles. The van der Waals surface area contributed by atoms with Crippen molar-refractivity contribution < 1.29 is 4.42 Å². The van der Waals surface area contributed by atoms with Gasteiger partial charge < -0.3 is 15.1 Å². The lowest BCUT2D eigenvalue weighted by Crippen LogP contribution is -2.42. The van der Waals surface area contributed by atoms with E-state index in [1.807, 2.05) is 42.1 Å². The van der Waals surface area contributed by atoms with Crippen molar-refractivity contribution >= 4 is 41.7 Å². The number of hydrogen-bond donors (Lipinski definition) is 1. The highest BCUT2D eigenvalue weighted by Gasteiger charge is 2.12. The molecule has 7 heteroatoms. The third kappa shape index (κ3) is 4.39. The van der Waals surface area contributed by atoms with Crippen LogP contribution in [0.5, 0.6) is 0 Å². The second-order valence-corrected chi connectivity index (χ2v) is 6.01. The third-order valence-electron chi connectivity index (χ3n) is 3.31. The Morgan fingerprint density at radius 2 is 2.00 bits per heavy atom. The Hall–Kier alpha value is -1.22. The highest BCUT2D eigenvalue weighted by molar-refractivity contribution is 14.0. The van der Waals surface area contributed by atoms with Gasteiger partial charge in [-0.3, -0.25) is 0 Å². The van der Waals surface area contributed by atoms with Gasteiger partial charge in [-0.15, -0.1) is 24.0 Å². The molecular formula is C15H19IN4OS. The fraction of sp³-hybridized carbons (Fsp3) is 0.333. The molecule has 2 aromatic rings. The van der Waals surface area contributed by atoms with Gasteiger partial charge in [0.25, 0.3) is 0 Å². The van der Waals surface area contributed by atoms with Gasteiger partial charge in [0.2, 0.25) is 5.89 Å². The maximum atomic E-state index is 6.02. The number of hydrogen-bond acceptors (Lipinski definition) is 4. The third-order valence-corrected chi connectivity index (χ3v) is 4.25. The van der Waals surface area contributed by atoms with Crippen molar-refractivity contribution in [1.82, 2.24) is 9.88 Å². The lowest BCUT2D eigenvalue weighted by molar-refractivity contribution is 0.455. The van der Waals surface area contributed by atoms with E-state index in [0.717, 1.165) is 35.9 Å². The molecule has 0 saturated carbocycles. The summed E-state index contributed by atoms with van der Waals surface area (Å²) in [6, 6.07) is 9.83. The van der Waals surface area contributed by atoms with Crippen LogP contribution in [-0.2, 0) is 6.54 Å². The van der Waals surface area contributed by atoms with Gasteiger partial charge in [0.15, 0.2) is 5.96 Å². The van der Waals surface area contributed by atoms with Crippen molar-refractivity contribution in [2.45, 2.75) is 6.54 Å². The van der Waals surface area contributed by atoms with Gasteiger partial charge in [-0.2, -0.15) is 11.8 Å². The molecule has 0 aliphatic carbocycles. The Bertz CT molecular complexity index is 611. The van der Waals surface area contributed by atoms with Gasteiger partial charge in [-0.05, 0) is 12.1 Å². The molecule has 0 bridgehead atoms. The fourth-order valence-corrected chi connectivity index (χ4v) is 3.05. The molecule has 0 unspecified atom stereocenters. The van der Waals surface area contributed by atoms with E-state index in [2.05, 4.69) is 14.9 Å². The molecule has 2 N–H and O–H groups in total. The van der Waals surface area contributed by atoms with Gasteiger partial charge in [-0.25, -0.2) is 9.98 Å². The minimum atomic E-state index is 0. The van der Waals surface area contributed by atoms with Crippen LogP contribution in [0.15, 0.2) is 46.0 Å². The van der Waals surface area contributed by atoms with Crippen LogP contribution in [0.2, 0.25) is 0 Å². The van der Waals surface area contributed by atoms with Crippen molar-refractivity contribution in [3.8, 4) is 11.5 Å². The van der Waals surface area contributed by atoms with E-state index in [4.69, 9.17) is 10.2 Å². The van der Waals surface area contributed by atoms with Crippen LogP contribution < -0.4 is 5.73 Å². The van der Waals surface area contributed by atoms with E-state index < -0.39 is 0 Å². The zero-order valence-electron chi connectivity index (χ0n) is 12.1. The van der Waals surface area contributed by atoms with E-state index in [0.29, 0.717) is 18.4 Å². The predicted octanol–water partition coefficient (Wildman–Crippen LogP) is 2.82. The zero-order valence-corrected chi connectivity index (χ0v) is 15.3. The Balaban J connectivity index is 0.00000176. The molecule has 1 aromatic carbocycles. The molecule has 3 rings (SSSR count). The average molecular weight is 430 g/mol. The van der Waals surface area contributed by atoms with Crippen LogP contribution in [0.25, 0.3) is 11.5 Å². The van der Waals surface area contributed by atoms with Gasteiger partial charge in [-0.1, -0.05) is 18.2 Å². The minimum Gasteiger partial charge on any atom is -0.444 e. The molecule has 1 saturated heterocycles. The molecular weight excluding hydrogens is 411 g/mol. The number of nitrogens with zero attached hydrogens (tertiary/aromatic N) is 3. The van der Waals surface area contributed by atoms with Gasteiger partial charge in [0.05, 0.1) is 6.54 Å². The van der Waals surface area contributed by atoms with Crippen molar-refractivity contribution in [2.75, 3.05) is 24.6 Å². The molecule has 22 heavy (non-hydrogen) atoms. The summed E-state index contributed by atoms with van der Waals surface area (Å²) >= 11 is 1.95. The summed E-state index contributed by atoms with van der Waals surface area (Å²) in [5, 5.41) is 0. The maximum Gasteiger partial charge on any atom is 0.226 e. The number of aromatic nitrogens is 1. The van der Waals surface area contributed by atoms with E-state index in [1.165, 1.54) is 0 Å². The Labute approximate surface area is 151 Å². The second kappa shape index (κ2) is 8.42. The average Bonchev–Trinajstić information content (AvgIpc) is 3.03. The molecule has 118 valence electrons. The van der Waals surface area contributed by atoms with E-state index in [1.54, 1.807) is 6.26 Å². The molecule has 5 nitrogen and oxygen atoms in total. The normalized spacial score (nSPS) is 15.5. The summed E-state index contributed by atoms with van der Waals surface area (Å²) < 4.78 is 5.49. The number of guanidine groups is 1. The quantitative estimate of drug-likeness (QED) is 0.461. The van der Waals surface area contributed by atoms with Crippen molar-refractivity contribution in [3.63, 3.8) is 0 Å². The summed E-state index contributed by atoms with van der Waals surface area (Å²) in [4.78, 5) is 11.0. The molecule has 1 aromatic heterocycles. The fourth-order valence-electron chi connectivity index (χ4n) is 2.15. The van der Waals surface area contributed by atoms with E-state index in [9.17, 15) is 0 Å². The molecule has 0 spiro atoms. The summed E-state index contributed by atoms with van der Waals surface area (Å²) in [5.41, 5.74) is 7.78. The van der Waals surface area contributed by atoms with E-state index >= 15 is 0 Å². The number of nitrogens with two attached hydrogens (primary N) is 1. The van der Waals surface area contributed by atoms with Crippen molar-refractivity contribution in [3.05, 3.63) is 42.3 Å². The first-order valence-corrected chi connectivity index (χ1v) is 8.11. The lowest BCUT2D eigenvalue weighted by atomic mass is 10.2. The molecule has 0 atom stereocenters. The van der Waals surface area contributed by atoms with Crippen LogP contribution in [-0.4, -0.2) is 40.4 Å². The predicted molar refractivity (Wildman–Crippen MR) is 102 cm³/mol. The Morgan fingerprint density at radius 3 is 2.73 bits per heavy atom. The Morgan fingerprint density at radius 1 is 1.27 bits per heavy atom. The Kier molecular flexibility index (Phi) is 6.56. The zero-order chi connectivity index (χ0) is 14.5. The number of thioether (sulfide) groups is 1. The van der Waals surface area contributed by atoms with Crippen LogP contribution in [0.1, 0.15) is 5.69 Å². The van der Waals surface area contributed by atoms with Crippen molar-refractivity contribution in [2.24, 2.45) is 10.7 Å². The molecule has 1 aliphatic rings. The van der Waals surface area contributed by atoms with Gasteiger partial charge >= 0.3 is 0 Å². The van der Waals surface area contributed by atoms with Crippen LogP contribution in [0.4, 0.5) is 0 Å². The number of oxazole rings is 1. The molecule has 0 amide bonds. The van der Waals surface area contributed by atoms with Crippen LogP contribution in [0, 0.1) is 0 Å². The highest BCUT2D eigenvalue weighted by atomic mass is 127. The topological polar surface area (TPSA) is 67.6 Å². The lowest BCUT2D eigenvalue weighted by Gasteiger charge is -2.27. The monoisotopic (exact) mass is 430 g/mol. The van der Waals surface area contributed by atoms with Crippen molar-refractivity contribution in [1.29, 1.82) is 0 Å². The standard InChI is InChI=1S/C15H18N4OS.HI/c16-15(19-6-8-21-9-7-19)17-10-13-11-20-14(18-13)12-4-2-1-3-5-12;/h1-5,11H,6-10H2,(H2,16,17);1H. The smallest absolute Gasteiger partial charge is 0.226 e. The first-order chi connectivity index (χ1) is 10.3. The first kappa shape index (κ1) is 17.1. The van der Waals surface area contributed by atoms with Crippen LogP contribution in [0.3, 0.4) is 0 Å². The summed E-state index contributed by atoms with van der Waals surface area (Å²) in [7, 11) is 0.